The Morgan fingerprint density at radius 2 is 2.53 bits per heavy atom. The Morgan fingerprint density at radius 3 is 3.20 bits per heavy atom. The molecule has 2 N–H and O–H groups in total. The summed E-state index contributed by atoms with van der Waals surface area (Å²) in [5, 5.41) is 3.45. The predicted molar refractivity (Wildman–Crippen MR) is 59.3 cm³/mol. The molecule has 0 saturated carbocycles. The van der Waals surface area contributed by atoms with Gasteiger partial charge in [0.15, 0.2) is 0 Å². The number of rotatable bonds is 5. The molecule has 0 aliphatic rings. The number of aromatic amines is 1. The molecule has 0 aliphatic carbocycles. The van der Waals surface area contributed by atoms with E-state index in [1.165, 1.54) is 5.56 Å². The first-order valence-corrected chi connectivity index (χ1v) is 5.15. The third-order valence-corrected chi connectivity index (χ3v) is 2.36. The average Bonchev–Trinajstić information content (AvgIpc) is 2.86. The molecule has 4 nitrogen and oxygen atoms in total. The maximum atomic E-state index is 4.02. The Kier molecular flexibility index (Phi) is 3.19. The Bertz CT molecular complexity index is 363. The first kappa shape index (κ1) is 9.98. The maximum absolute atomic E-state index is 4.02. The normalized spacial score (nSPS) is 12.9. The molecule has 2 aromatic heterocycles. The first-order chi connectivity index (χ1) is 7.34. The standard InChI is InChI=1S/C11H16N4/c1-10(8-15-5-4-13-9-15)14-7-11-2-3-12-6-11/h2-6,9-10,12,14H,7-8H2,1H3/t10-/m1/s1. The van der Waals surface area contributed by atoms with E-state index in [0.29, 0.717) is 6.04 Å². The molecule has 0 bridgehead atoms. The molecule has 80 valence electrons. The fourth-order valence-electron chi connectivity index (χ4n) is 1.54. The van der Waals surface area contributed by atoms with Crippen molar-refractivity contribution in [2.45, 2.75) is 26.1 Å². The Hall–Kier alpha value is -1.55. The number of nitrogens with one attached hydrogen (secondary N) is 2. The molecule has 0 fully saturated rings. The van der Waals surface area contributed by atoms with E-state index in [2.05, 4.69) is 32.8 Å². The van der Waals surface area contributed by atoms with Crippen molar-refractivity contribution in [1.29, 1.82) is 0 Å². The highest BCUT2D eigenvalue weighted by Gasteiger charge is 2.02. The highest BCUT2D eigenvalue weighted by molar-refractivity contribution is 5.07. The molecule has 2 rings (SSSR count). The molecule has 0 unspecified atom stereocenters. The molecule has 0 aliphatic heterocycles. The van der Waals surface area contributed by atoms with Crippen LogP contribution in [0.1, 0.15) is 12.5 Å². The van der Waals surface area contributed by atoms with Crippen LogP contribution in [-0.2, 0) is 13.1 Å². The number of nitrogens with zero attached hydrogens (tertiary/aromatic N) is 2. The number of imidazole rings is 1. The van der Waals surface area contributed by atoms with Crippen molar-refractivity contribution < 1.29 is 0 Å². The minimum Gasteiger partial charge on any atom is -0.367 e. The summed E-state index contributed by atoms with van der Waals surface area (Å²) in [4.78, 5) is 7.06. The van der Waals surface area contributed by atoms with Gasteiger partial charge in [0, 0.05) is 43.9 Å². The van der Waals surface area contributed by atoms with Crippen LogP contribution in [0.2, 0.25) is 0 Å². The van der Waals surface area contributed by atoms with Gasteiger partial charge in [0.25, 0.3) is 0 Å². The van der Waals surface area contributed by atoms with E-state index in [4.69, 9.17) is 0 Å². The zero-order chi connectivity index (χ0) is 10.5. The van der Waals surface area contributed by atoms with Gasteiger partial charge in [-0.25, -0.2) is 4.98 Å². The summed E-state index contributed by atoms with van der Waals surface area (Å²) in [5.74, 6) is 0. The van der Waals surface area contributed by atoms with Crippen LogP contribution >= 0.6 is 0 Å². The van der Waals surface area contributed by atoms with Crippen LogP contribution in [0.15, 0.2) is 37.2 Å². The SMILES string of the molecule is C[C@H](Cn1ccnc1)NCc1cc[nH]c1. The summed E-state index contributed by atoms with van der Waals surface area (Å²) in [6.07, 6.45) is 9.58. The third-order valence-electron chi connectivity index (χ3n) is 2.36. The zero-order valence-corrected chi connectivity index (χ0v) is 8.85. The van der Waals surface area contributed by atoms with E-state index < -0.39 is 0 Å². The summed E-state index contributed by atoms with van der Waals surface area (Å²) in [7, 11) is 0. The molecule has 0 spiro atoms. The van der Waals surface area contributed by atoms with E-state index in [1.807, 2.05) is 24.9 Å². The monoisotopic (exact) mass is 204 g/mol. The summed E-state index contributed by atoms with van der Waals surface area (Å²) >= 11 is 0. The van der Waals surface area contributed by atoms with Crippen molar-refractivity contribution in [2.75, 3.05) is 0 Å². The van der Waals surface area contributed by atoms with Crippen LogP contribution in [0.5, 0.6) is 0 Å². The fraction of sp³-hybridized carbons (Fsp3) is 0.364. The molecule has 4 heteroatoms. The van der Waals surface area contributed by atoms with Gasteiger partial charge in [-0.15, -0.1) is 0 Å². The molecule has 0 saturated heterocycles. The van der Waals surface area contributed by atoms with Crippen molar-refractivity contribution in [2.24, 2.45) is 0 Å². The first-order valence-electron chi connectivity index (χ1n) is 5.15. The van der Waals surface area contributed by atoms with E-state index in [1.54, 1.807) is 6.20 Å². The van der Waals surface area contributed by atoms with Gasteiger partial charge in [0.2, 0.25) is 0 Å². The Balaban J connectivity index is 1.76. The van der Waals surface area contributed by atoms with Gasteiger partial charge in [-0.1, -0.05) is 0 Å². The number of aromatic nitrogens is 3. The summed E-state index contributed by atoms with van der Waals surface area (Å²) in [5.41, 5.74) is 1.28. The second-order valence-corrected chi connectivity index (χ2v) is 3.76. The number of H-pyrrole nitrogens is 1. The second kappa shape index (κ2) is 4.79. The minimum absolute atomic E-state index is 0.439. The van der Waals surface area contributed by atoms with Gasteiger partial charge in [-0.05, 0) is 18.6 Å². The number of hydrogen-bond acceptors (Lipinski definition) is 2. The van der Waals surface area contributed by atoms with E-state index in [-0.39, 0.29) is 0 Å². The van der Waals surface area contributed by atoms with Crippen molar-refractivity contribution >= 4 is 0 Å². The van der Waals surface area contributed by atoms with E-state index in [9.17, 15) is 0 Å². The van der Waals surface area contributed by atoms with Crippen LogP contribution < -0.4 is 5.32 Å². The zero-order valence-electron chi connectivity index (χ0n) is 8.85. The highest BCUT2D eigenvalue weighted by atomic mass is 15.1. The highest BCUT2D eigenvalue weighted by Crippen LogP contribution is 1.97. The molecule has 15 heavy (non-hydrogen) atoms. The lowest BCUT2D eigenvalue weighted by Crippen LogP contribution is -2.29. The average molecular weight is 204 g/mol. The lowest BCUT2D eigenvalue weighted by Gasteiger charge is -2.13. The van der Waals surface area contributed by atoms with E-state index >= 15 is 0 Å². The topological polar surface area (TPSA) is 45.6 Å². The van der Waals surface area contributed by atoms with Gasteiger partial charge in [-0.3, -0.25) is 0 Å². The van der Waals surface area contributed by atoms with Gasteiger partial charge >= 0.3 is 0 Å². The van der Waals surface area contributed by atoms with Crippen LogP contribution in [0, 0.1) is 0 Å². The third kappa shape index (κ3) is 2.95. The Morgan fingerprint density at radius 1 is 1.60 bits per heavy atom. The lowest BCUT2D eigenvalue weighted by atomic mass is 10.3. The predicted octanol–water partition coefficient (Wildman–Crippen LogP) is 1.39. The quantitative estimate of drug-likeness (QED) is 0.773. The van der Waals surface area contributed by atoms with Crippen LogP contribution in [-0.4, -0.2) is 20.6 Å². The van der Waals surface area contributed by atoms with Gasteiger partial charge < -0.3 is 14.9 Å². The van der Waals surface area contributed by atoms with Crippen LogP contribution in [0.3, 0.4) is 0 Å². The molecule has 0 aromatic carbocycles. The van der Waals surface area contributed by atoms with Gasteiger partial charge in [0.05, 0.1) is 6.33 Å². The largest absolute Gasteiger partial charge is 0.367 e. The lowest BCUT2D eigenvalue weighted by molar-refractivity contribution is 0.476. The van der Waals surface area contributed by atoms with Crippen molar-refractivity contribution in [3.8, 4) is 0 Å². The minimum atomic E-state index is 0.439. The smallest absolute Gasteiger partial charge is 0.0946 e. The van der Waals surface area contributed by atoms with Crippen LogP contribution in [0.25, 0.3) is 0 Å². The van der Waals surface area contributed by atoms with Crippen molar-refractivity contribution in [3.05, 3.63) is 42.7 Å². The fourth-order valence-corrected chi connectivity index (χ4v) is 1.54. The molecule has 0 radical (unpaired) electrons. The van der Waals surface area contributed by atoms with Gasteiger partial charge in [0.1, 0.15) is 0 Å². The molecule has 2 heterocycles. The van der Waals surface area contributed by atoms with Crippen molar-refractivity contribution in [3.63, 3.8) is 0 Å². The summed E-state index contributed by atoms with van der Waals surface area (Å²) < 4.78 is 2.08. The summed E-state index contributed by atoms with van der Waals surface area (Å²) in [6.45, 7) is 4.02. The maximum Gasteiger partial charge on any atom is 0.0946 e. The molecular formula is C11H16N4. The molecule has 2 aromatic rings. The number of hydrogen-bond donors (Lipinski definition) is 2. The van der Waals surface area contributed by atoms with E-state index in [0.717, 1.165) is 13.1 Å². The van der Waals surface area contributed by atoms with Gasteiger partial charge in [-0.2, -0.15) is 0 Å². The summed E-state index contributed by atoms with van der Waals surface area (Å²) in [6, 6.07) is 2.52. The molecule has 1 atom stereocenters. The Labute approximate surface area is 89.3 Å². The molecular weight excluding hydrogens is 188 g/mol. The second-order valence-electron chi connectivity index (χ2n) is 3.76. The van der Waals surface area contributed by atoms with Crippen molar-refractivity contribution in [1.82, 2.24) is 19.9 Å². The molecule has 0 amide bonds. The van der Waals surface area contributed by atoms with Crippen LogP contribution in [0.4, 0.5) is 0 Å².